The summed E-state index contributed by atoms with van der Waals surface area (Å²) >= 11 is 0. The van der Waals surface area contributed by atoms with Gasteiger partial charge in [0.25, 0.3) is 0 Å². The van der Waals surface area contributed by atoms with Crippen molar-refractivity contribution < 1.29 is 4.42 Å². The van der Waals surface area contributed by atoms with Gasteiger partial charge in [-0.1, -0.05) is 159 Å². The molecule has 2 heteroatoms. The summed E-state index contributed by atoms with van der Waals surface area (Å²) in [6.45, 7) is 4.73. The van der Waals surface area contributed by atoms with Crippen LogP contribution in [0.5, 0.6) is 0 Å². The number of furan rings is 1. The number of nitrogens with zero attached hydrogens (tertiary/aromatic N) is 1. The van der Waals surface area contributed by atoms with E-state index in [9.17, 15) is 0 Å². The molecule has 0 aliphatic heterocycles. The van der Waals surface area contributed by atoms with Gasteiger partial charge < -0.3 is 9.32 Å². The van der Waals surface area contributed by atoms with Crippen LogP contribution in [0, 0.1) is 0 Å². The first kappa shape index (κ1) is 33.7. The Morgan fingerprint density at radius 1 is 0.390 bits per heavy atom. The Morgan fingerprint density at radius 3 is 1.93 bits per heavy atom. The molecule has 1 heterocycles. The molecule has 11 aromatic rings. The molecule has 0 saturated heterocycles. The Labute approximate surface area is 343 Å². The Kier molecular flexibility index (Phi) is 7.31. The Bertz CT molecular complexity index is 3480. The van der Waals surface area contributed by atoms with Crippen LogP contribution in [-0.2, 0) is 5.41 Å². The molecule has 10 aromatic carbocycles. The molecule has 0 amide bonds. The van der Waals surface area contributed by atoms with Crippen LogP contribution in [0.25, 0.3) is 87.6 Å². The molecule has 2 nitrogen and oxygen atoms in total. The number of para-hydroxylation sites is 1. The van der Waals surface area contributed by atoms with Crippen molar-refractivity contribution >= 4 is 71.3 Å². The van der Waals surface area contributed by atoms with Crippen molar-refractivity contribution in [2.24, 2.45) is 0 Å². The van der Waals surface area contributed by atoms with Crippen LogP contribution in [0.3, 0.4) is 0 Å². The zero-order chi connectivity index (χ0) is 39.2. The number of benzene rings is 10. The molecule has 0 N–H and O–H groups in total. The quantitative estimate of drug-likeness (QED) is 0.163. The van der Waals surface area contributed by atoms with Gasteiger partial charge >= 0.3 is 0 Å². The highest BCUT2D eigenvalue weighted by atomic mass is 16.3. The summed E-state index contributed by atoms with van der Waals surface area (Å²) in [4.78, 5) is 2.49. The van der Waals surface area contributed by atoms with E-state index in [1.54, 1.807) is 0 Å². The van der Waals surface area contributed by atoms with E-state index in [1.165, 1.54) is 71.3 Å². The van der Waals surface area contributed by atoms with Crippen LogP contribution < -0.4 is 4.90 Å². The summed E-state index contributed by atoms with van der Waals surface area (Å²) in [5.74, 6) is 0. The number of hydrogen-bond acceptors (Lipinski definition) is 2. The highest BCUT2D eigenvalue weighted by Crippen LogP contribution is 2.53. The van der Waals surface area contributed by atoms with Crippen molar-refractivity contribution in [3.8, 4) is 33.4 Å². The van der Waals surface area contributed by atoms with Crippen LogP contribution in [-0.4, -0.2) is 0 Å². The van der Waals surface area contributed by atoms with Gasteiger partial charge in [0.05, 0.1) is 5.69 Å². The van der Waals surface area contributed by atoms with Gasteiger partial charge in [-0.25, -0.2) is 0 Å². The highest BCUT2D eigenvalue weighted by Gasteiger charge is 2.36. The molecule has 0 atom stereocenters. The number of fused-ring (bicyclic) bond motifs is 10. The summed E-state index contributed by atoms with van der Waals surface area (Å²) in [6, 6.07) is 73.3. The van der Waals surface area contributed by atoms with E-state index in [1.807, 2.05) is 0 Å². The molecular weight excluding hydrogens is 715 g/mol. The van der Waals surface area contributed by atoms with Crippen molar-refractivity contribution in [2.75, 3.05) is 4.90 Å². The predicted molar refractivity (Wildman–Crippen MR) is 249 cm³/mol. The maximum atomic E-state index is 6.67. The summed E-state index contributed by atoms with van der Waals surface area (Å²) < 4.78 is 6.67. The lowest BCUT2D eigenvalue weighted by Crippen LogP contribution is -2.17. The third-order valence-electron chi connectivity index (χ3n) is 12.8. The monoisotopic (exact) mass is 753 g/mol. The van der Waals surface area contributed by atoms with E-state index in [-0.39, 0.29) is 5.41 Å². The third-order valence-corrected chi connectivity index (χ3v) is 12.8. The zero-order valence-corrected chi connectivity index (χ0v) is 32.9. The van der Waals surface area contributed by atoms with Gasteiger partial charge in [0.2, 0.25) is 0 Å². The van der Waals surface area contributed by atoms with E-state index in [0.717, 1.165) is 44.6 Å². The molecule has 0 saturated carbocycles. The average Bonchev–Trinajstić information content (AvgIpc) is 3.78. The maximum Gasteiger partial charge on any atom is 0.136 e. The third kappa shape index (κ3) is 5.13. The van der Waals surface area contributed by atoms with E-state index in [0.29, 0.717) is 0 Å². The maximum absolute atomic E-state index is 6.67. The molecule has 1 aromatic heterocycles. The van der Waals surface area contributed by atoms with Gasteiger partial charge in [-0.15, -0.1) is 0 Å². The minimum absolute atomic E-state index is 0.160. The van der Waals surface area contributed by atoms with E-state index < -0.39 is 0 Å². The van der Waals surface area contributed by atoms with Crippen molar-refractivity contribution in [3.63, 3.8) is 0 Å². The van der Waals surface area contributed by atoms with E-state index >= 15 is 0 Å². The molecule has 0 radical (unpaired) electrons. The molecule has 0 unspecified atom stereocenters. The van der Waals surface area contributed by atoms with Crippen molar-refractivity contribution in [3.05, 3.63) is 211 Å². The fourth-order valence-corrected chi connectivity index (χ4v) is 9.97. The molecule has 0 spiro atoms. The smallest absolute Gasteiger partial charge is 0.136 e. The molecule has 278 valence electrons. The van der Waals surface area contributed by atoms with Crippen LogP contribution in [0.1, 0.15) is 25.0 Å². The van der Waals surface area contributed by atoms with Gasteiger partial charge in [0.15, 0.2) is 0 Å². The van der Waals surface area contributed by atoms with Gasteiger partial charge in [0.1, 0.15) is 11.2 Å². The standard InChI is InChI=1S/C57H39NO/c1-57(2)50-22-12-10-20-46(50)47-29-28-42(35-51(47)57)58(41-27-26-38-32-37(24-25-39(38)33-41)36-14-4-3-5-15-36)52-30-31-54-56(48-21-11-13-23-53(48)59-54)55(52)49-34-40-16-6-7-17-43(40)44-18-8-9-19-45(44)49/h3-35H,1-2H3. The summed E-state index contributed by atoms with van der Waals surface area (Å²) in [5, 5.41) is 9.52. The van der Waals surface area contributed by atoms with Crippen LogP contribution >= 0.6 is 0 Å². The minimum Gasteiger partial charge on any atom is -0.456 e. The highest BCUT2D eigenvalue weighted by molar-refractivity contribution is 6.22. The average molecular weight is 754 g/mol. The van der Waals surface area contributed by atoms with Crippen molar-refractivity contribution in [2.45, 2.75) is 19.3 Å². The predicted octanol–water partition coefficient (Wildman–Crippen LogP) is 16.2. The molecule has 12 rings (SSSR count). The van der Waals surface area contributed by atoms with Gasteiger partial charge in [-0.2, -0.15) is 0 Å². The SMILES string of the molecule is CC1(C)c2ccccc2-c2ccc(N(c3ccc4cc(-c5ccccc5)ccc4c3)c3ccc4oc5ccccc5c4c3-c3cc4ccccc4c4ccccc34)cc21. The van der Waals surface area contributed by atoms with Crippen molar-refractivity contribution in [1.29, 1.82) is 0 Å². The summed E-state index contributed by atoms with van der Waals surface area (Å²) in [7, 11) is 0. The molecule has 59 heavy (non-hydrogen) atoms. The number of rotatable bonds is 5. The molecular formula is C57H39NO. The fraction of sp³-hybridized carbons (Fsp3) is 0.0526. The molecule has 0 fully saturated rings. The Hall–Kier alpha value is -7.42. The first-order valence-electron chi connectivity index (χ1n) is 20.5. The summed E-state index contributed by atoms with van der Waals surface area (Å²) in [6.07, 6.45) is 0. The number of anilines is 3. The molecule has 0 bridgehead atoms. The lowest BCUT2D eigenvalue weighted by atomic mass is 9.82. The van der Waals surface area contributed by atoms with Crippen LogP contribution in [0.15, 0.2) is 205 Å². The van der Waals surface area contributed by atoms with Crippen molar-refractivity contribution in [1.82, 2.24) is 0 Å². The second-order valence-corrected chi connectivity index (χ2v) is 16.5. The Balaban J connectivity index is 1.17. The van der Waals surface area contributed by atoms with Gasteiger partial charge in [-0.3, -0.25) is 0 Å². The van der Waals surface area contributed by atoms with Gasteiger partial charge in [0, 0.05) is 33.1 Å². The second kappa shape index (κ2) is 12.8. The fourth-order valence-electron chi connectivity index (χ4n) is 9.97. The van der Waals surface area contributed by atoms with Crippen LogP contribution in [0.4, 0.5) is 17.1 Å². The normalized spacial score (nSPS) is 13.1. The lowest BCUT2D eigenvalue weighted by molar-refractivity contribution is 0.660. The first-order chi connectivity index (χ1) is 29.0. The topological polar surface area (TPSA) is 16.4 Å². The molecule has 1 aliphatic carbocycles. The zero-order valence-electron chi connectivity index (χ0n) is 32.9. The van der Waals surface area contributed by atoms with E-state index in [2.05, 4.69) is 219 Å². The summed E-state index contributed by atoms with van der Waals surface area (Å²) in [5.41, 5.74) is 15.0. The first-order valence-corrected chi connectivity index (χ1v) is 20.5. The Morgan fingerprint density at radius 2 is 1.05 bits per heavy atom. The second-order valence-electron chi connectivity index (χ2n) is 16.5. The number of hydrogen-bond donors (Lipinski definition) is 0. The lowest BCUT2D eigenvalue weighted by Gasteiger charge is -2.30. The van der Waals surface area contributed by atoms with Crippen LogP contribution in [0.2, 0.25) is 0 Å². The molecule has 1 aliphatic rings. The van der Waals surface area contributed by atoms with Gasteiger partial charge in [-0.05, 0) is 126 Å². The van der Waals surface area contributed by atoms with E-state index in [4.69, 9.17) is 4.42 Å². The minimum atomic E-state index is -0.160. The largest absolute Gasteiger partial charge is 0.456 e.